The van der Waals surface area contributed by atoms with Crippen molar-refractivity contribution >= 4 is 0 Å². The van der Waals surface area contributed by atoms with Crippen LogP contribution in [-0.4, -0.2) is 37.3 Å². The molecule has 100 valence electrons. The maximum Gasteiger partial charge on any atom is 0.390 e. The van der Waals surface area contributed by atoms with Crippen molar-refractivity contribution in [3.63, 3.8) is 0 Å². The highest BCUT2D eigenvalue weighted by Crippen LogP contribution is 2.25. The third kappa shape index (κ3) is 3.71. The number of nitrogens with one attached hydrogen (secondary N) is 1. The van der Waals surface area contributed by atoms with E-state index in [0.29, 0.717) is 13.1 Å². The predicted octanol–water partition coefficient (Wildman–Crippen LogP) is 2.59. The van der Waals surface area contributed by atoms with E-state index >= 15 is 0 Å². The average Bonchev–Trinajstić information content (AvgIpc) is 2.37. The summed E-state index contributed by atoms with van der Waals surface area (Å²) >= 11 is 0. The number of hydrogen-bond acceptors (Lipinski definition) is 2. The normalized spacial score (nSPS) is 22.1. The van der Waals surface area contributed by atoms with Gasteiger partial charge in [-0.15, -0.1) is 0 Å². The molecule has 0 unspecified atom stereocenters. The number of piperazine rings is 1. The summed E-state index contributed by atoms with van der Waals surface area (Å²) in [6.45, 7) is 2.20. The molecule has 2 nitrogen and oxygen atoms in total. The van der Waals surface area contributed by atoms with Gasteiger partial charge in [0.25, 0.3) is 0 Å². The summed E-state index contributed by atoms with van der Waals surface area (Å²) < 4.78 is 36.9. The number of halogens is 3. The molecule has 1 heterocycles. The zero-order chi connectivity index (χ0) is 13.0. The molecular weight excluding hydrogens is 241 g/mol. The minimum atomic E-state index is -4.08. The Balaban J connectivity index is 2.02. The number of benzene rings is 1. The summed E-state index contributed by atoms with van der Waals surface area (Å²) in [7, 11) is 0. The monoisotopic (exact) mass is 258 g/mol. The minimum absolute atomic E-state index is 0.0438. The maximum atomic E-state index is 12.3. The van der Waals surface area contributed by atoms with Crippen LogP contribution in [0.3, 0.4) is 0 Å². The van der Waals surface area contributed by atoms with Crippen LogP contribution in [0.5, 0.6) is 0 Å². The molecule has 1 aliphatic heterocycles. The Hall–Kier alpha value is -1.07. The van der Waals surface area contributed by atoms with Crippen molar-refractivity contribution < 1.29 is 13.2 Å². The minimum Gasteiger partial charge on any atom is -0.314 e. The second-order valence-corrected chi connectivity index (χ2v) is 4.53. The molecule has 2 rings (SSSR count). The van der Waals surface area contributed by atoms with Crippen molar-refractivity contribution in [3.8, 4) is 0 Å². The number of alkyl halides is 3. The van der Waals surface area contributed by atoms with Crippen LogP contribution in [0.25, 0.3) is 0 Å². The fourth-order valence-corrected chi connectivity index (χ4v) is 2.29. The van der Waals surface area contributed by atoms with E-state index < -0.39 is 12.6 Å². The van der Waals surface area contributed by atoms with Crippen LogP contribution in [-0.2, 0) is 0 Å². The Morgan fingerprint density at radius 1 is 1.22 bits per heavy atom. The Morgan fingerprint density at radius 3 is 2.61 bits per heavy atom. The van der Waals surface area contributed by atoms with Crippen LogP contribution in [0, 0.1) is 0 Å². The lowest BCUT2D eigenvalue weighted by atomic mass is 10.0. The van der Waals surface area contributed by atoms with Crippen molar-refractivity contribution in [1.29, 1.82) is 0 Å². The molecule has 0 saturated carbocycles. The van der Waals surface area contributed by atoms with E-state index in [2.05, 4.69) is 5.32 Å². The Kier molecular flexibility index (Phi) is 4.24. The summed E-state index contributed by atoms with van der Waals surface area (Å²) in [4.78, 5) is 1.92. The highest BCUT2D eigenvalue weighted by molar-refractivity contribution is 5.20. The van der Waals surface area contributed by atoms with Crippen molar-refractivity contribution in [2.75, 3.05) is 26.2 Å². The zero-order valence-corrected chi connectivity index (χ0v) is 10.1. The molecule has 1 aromatic rings. The summed E-state index contributed by atoms with van der Waals surface area (Å²) in [6.07, 6.45) is -4.82. The van der Waals surface area contributed by atoms with Crippen molar-refractivity contribution in [1.82, 2.24) is 10.2 Å². The van der Waals surface area contributed by atoms with E-state index in [1.807, 2.05) is 35.2 Å². The van der Waals surface area contributed by atoms with Crippen LogP contribution in [0.1, 0.15) is 18.0 Å². The first-order valence-corrected chi connectivity index (χ1v) is 6.13. The van der Waals surface area contributed by atoms with E-state index in [9.17, 15) is 13.2 Å². The van der Waals surface area contributed by atoms with Gasteiger partial charge in [0.15, 0.2) is 0 Å². The van der Waals surface area contributed by atoms with Gasteiger partial charge in [-0.3, -0.25) is 4.90 Å². The van der Waals surface area contributed by atoms with E-state index in [0.717, 1.165) is 12.1 Å². The van der Waals surface area contributed by atoms with Gasteiger partial charge in [-0.1, -0.05) is 30.3 Å². The topological polar surface area (TPSA) is 15.3 Å². The zero-order valence-electron chi connectivity index (χ0n) is 10.1. The van der Waals surface area contributed by atoms with Crippen LogP contribution >= 0.6 is 0 Å². The lowest BCUT2D eigenvalue weighted by molar-refractivity contribution is -0.139. The smallest absolute Gasteiger partial charge is 0.314 e. The molecule has 0 amide bonds. The molecule has 1 aromatic carbocycles. The van der Waals surface area contributed by atoms with Gasteiger partial charge in [0, 0.05) is 32.2 Å². The second-order valence-electron chi connectivity index (χ2n) is 4.53. The maximum absolute atomic E-state index is 12.3. The highest BCUT2D eigenvalue weighted by Gasteiger charge is 2.31. The van der Waals surface area contributed by atoms with Gasteiger partial charge < -0.3 is 5.32 Å². The van der Waals surface area contributed by atoms with Gasteiger partial charge in [-0.2, -0.15) is 13.2 Å². The molecule has 5 heteroatoms. The molecule has 1 fully saturated rings. The molecule has 0 aromatic heterocycles. The molecule has 1 aliphatic rings. The van der Waals surface area contributed by atoms with Gasteiger partial charge in [-0.05, 0) is 5.56 Å². The fraction of sp³-hybridized carbons (Fsp3) is 0.538. The molecule has 1 atom stereocenters. The number of nitrogens with zero attached hydrogens (tertiary/aromatic N) is 1. The van der Waals surface area contributed by atoms with E-state index in [1.54, 1.807) is 0 Å². The highest BCUT2D eigenvalue weighted by atomic mass is 19.4. The quantitative estimate of drug-likeness (QED) is 0.896. The third-order valence-electron chi connectivity index (χ3n) is 3.22. The van der Waals surface area contributed by atoms with Crippen LogP contribution in [0.4, 0.5) is 13.2 Å². The Bertz CT molecular complexity index is 364. The van der Waals surface area contributed by atoms with Gasteiger partial charge in [-0.25, -0.2) is 0 Å². The molecule has 0 radical (unpaired) electrons. The molecule has 0 bridgehead atoms. The second kappa shape index (κ2) is 5.71. The first kappa shape index (κ1) is 13.4. The van der Waals surface area contributed by atoms with Gasteiger partial charge in [0.2, 0.25) is 0 Å². The van der Waals surface area contributed by atoms with Crippen molar-refractivity contribution in [2.24, 2.45) is 0 Å². The Labute approximate surface area is 105 Å². The molecule has 1 N–H and O–H groups in total. The number of hydrogen-bond donors (Lipinski definition) is 1. The summed E-state index contributed by atoms with van der Waals surface area (Å²) in [5.74, 6) is 0. The lowest BCUT2D eigenvalue weighted by Crippen LogP contribution is -2.46. The van der Waals surface area contributed by atoms with Gasteiger partial charge >= 0.3 is 6.18 Å². The third-order valence-corrected chi connectivity index (χ3v) is 3.22. The standard InChI is InChI=1S/C13H17F3N2/c14-13(15,16)6-8-18-9-7-17-10-12(18)11-4-2-1-3-5-11/h1-5,12,17H,6-10H2/t12-/m0/s1. The van der Waals surface area contributed by atoms with E-state index in [1.165, 1.54) is 0 Å². The van der Waals surface area contributed by atoms with Crippen LogP contribution in [0.2, 0.25) is 0 Å². The SMILES string of the molecule is FC(F)(F)CCN1CCNC[C@H]1c1ccccc1. The van der Waals surface area contributed by atoms with Gasteiger partial charge in [0.1, 0.15) is 0 Å². The summed E-state index contributed by atoms with van der Waals surface area (Å²) in [6, 6.07) is 9.75. The molecule has 0 aliphatic carbocycles. The fourth-order valence-electron chi connectivity index (χ4n) is 2.29. The van der Waals surface area contributed by atoms with Crippen molar-refractivity contribution in [3.05, 3.63) is 35.9 Å². The predicted molar refractivity (Wildman–Crippen MR) is 64.3 cm³/mol. The summed E-state index contributed by atoms with van der Waals surface area (Å²) in [5.41, 5.74) is 1.08. The molecule has 18 heavy (non-hydrogen) atoms. The average molecular weight is 258 g/mol. The first-order valence-electron chi connectivity index (χ1n) is 6.13. The van der Waals surface area contributed by atoms with E-state index in [-0.39, 0.29) is 12.6 Å². The largest absolute Gasteiger partial charge is 0.390 e. The molecule has 1 saturated heterocycles. The van der Waals surface area contributed by atoms with Crippen LogP contribution in [0.15, 0.2) is 30.3 Å². The number of rotatable bonds is 3. The Morgan fingerprint density at radius 2 is 1.94 bits per heavy atom. The molecule has 0 spiro atoms. The van der Waals surface area contributed by atoms with Crippen LogP contribution < -0.4 is 5.32 Å². The van der Waals surface area contributed by atoms with Gasteiger partial charge in [0.05, 0.1) is 6.42 Å². The summed E-state index contributed by atoms with van der Waals surface area (Å²) in [5, 5.41) is 3.24. The lowest BCUT2D eigenvalue weighted by Gasteiger charge is -2.36. The van der Waals surface area contributed by atoms with E-state index in [4.69, 9.17) is 0 Å². The molecular formula is C13H17F3N2. The van der Waals surface area contributed by atoms with Crippen molar-refractivity contribution in [2.45, 2.75) is 18.6 Å². The first-order chi connectivity index (χ1) is 8.56.